The lowest BCUT2D eigenvalue weighted by Gasteiger charge is -2.08. The van der Waals surface area contributed by atoms with Gasteiger partial charge >= 0.3 is 0 Å². The number of rotatable bonds is 2. The molecule has 0 N–H and O–H groups in total. The molecular formula is C28H18N4. The van der Waals surface area contributed by atoms with Crippen LogP contribution in [-0.2, 0) is 0 Å². The zero-order valence-electron chi connectivity index (χ0n) is 17.2. The van der Waals surface area contributed by atoms with Crippen molar-refractivity contribution in [2.75, 3.05) is 0 Å². The summed E-state index contributed by atoms with van der Waals surface area (Å²) in [5, 5.41) is 4.87. The fourth-order valence-corrected chi connectivity index (χ4v) is 4.97. The zero-order valence-corrected chi connectivity index (χ0v) is 17.2. The Hall–Kier alpha value is -4.44. The minimum atomic E-state index is 0.915. The number of para-hydroxylation sites is 2. The third kappa shape index (κ3) is 2.26. The van der Waals surface area contributed by atoms with Gasteiger partial charge in [0, 0.05) is 33.9 Å². The monoisotopic (exact) mass is 410 g/mol. The summed E-state index contributed by atoms with van der Waals surface area (Å²) in [6, 6.07) is 33.7. The third-order valence-corrected chi connectivity index (χ3v) is 6.23. The molecule has 4 aromatic heterocycles. The highest BCUT2D eigenvalue weighted by atomic mass is 15.1. The van der Waals surface area contributed by atoms with Crippen LogP contribution in [-0.4, -0.2) is 19.1 Å². The number of aromatic nitrogens is 4. The maximum atomic E-state index is 4.72. The van der Waals surface area contributed by atoms with Gasteiger partial charge in [0.25, 0.3) is 0 Å². The van der Waals surface area contributed by atoms with Gasteiger partial charge in [-0.05, 0) is 42.5 Å². The summed E-state index contributed by atoms with van der Waals surface area (Å²) in [7, 11) is 0. The first kappa shape index (κ1) is 17.3. The van der Waals surface area contributed by atoms with Crippen LogP contribution < -0.4 is 0 Å². The highest BCUT2D eigenvalue weighted by molar-refractivity contribution is 6.26. The molecule has 0 aliphatic heterocycles. The van der Waals surface area contributed by atoms with Gasteiger partial charge in [-0.2, -0.15) is 0 Å². The second-order valence-electron chi connectivity index (χ2n) is 7.94. The highest BCUT2D eigenvalue weighted by Gasteiger charge is 2.20. The van der Waals surface area contributed by atoms with Crippen molar-refractivity contribution in [2.24, 2.45) is 0 Å². The molecular weight excluding hydrogens is 392 g/mol. The maximum Gasteiger partial charge on any atom is 0.137 e. The lowest BCUT2D eigenvalue weighted by Crippen LogP contribution is -1.97. The van der Waals surface area contributed by atoms with Crippen LogP contribution in [0.2, 0.25) is 0 Å². The lowest BCUT2D eigenvalue weighted by molar-refractivity contribution is 1.08. The number of benzene rings is 3. The summed E-state index contributed by atoms with van der Waals surface area (Å²) in [5.41, 5.74) is 4.61. The fraction of sp³-hybridized carbons (Fsp3) is 0. The summed E-state index contributed by atoms with van der Waals surface area (Å²) < 4.78 is 4.55. The normalized spacial score (nSPS) is 11.8. The topological polar surface area (TPSA) is 35.6 Å². The van der Waals surface area contributed by atoms with Crippen LogP contribution in [0.15, 0.2) is 109 Å². The van der Waals surface area contributed by atoms with E-state index in [0.29, 0.717) is 0 Å². The van der Waals surface area contributed by atoms with E-state index in [1.54, 1.807) is 0 Å². The van der Waals surface area contributed by atoms with Gasteiger partial charge in [0.2, 0.25) is 0 Å². The van der Waals surface area contributed by atoms with Crippen molar-refractivity contribution in [1.29, 1.82) is 0 Å². The van der Waals surface area contributed by atoms with Crippen LogP contribution >= 0.6 is 0 Å². The standard InChI is InChI=1S/C28H18N4/c1-3-11-22-19(9-1)20-15-16-24-27(28(20)32(22)26-14-6-8-18-30-26)21-10-2-4-12-23(21)31(24)25-13-5-7-17-29-25/h1-18H. The van der Waals surface area contributed by atoms with Gasteiger partial charge in [-0.25, -0.2) is 9.97 Å². The minimum Gasteiger partial charge on any atom is -0.294 e. The van der Waals surface area contributed by atoms with Crippen LogP contribution in [0.3, 0.4) is 0 Å². The van der Waals surface area contributed by atoms with Gasteiger partial charge < -0.3 is 0 Å². The molecule has 0 amide bonds. The van der Waals surface area contributed by atoms with E-state index in [0.717, 1.165) is 28.2 Å². The summed E-state index contributed by atoms with van der Waals surface area (Å²) in [6.07, 6.45) is 3.70. The van der Waals surface area contributed by atoms with Gasteiger partial charge in [0.15, 0.2) is 0 Å². The lowest BCUT2D eigenvalue weighted by atomic mass is 10.1. The number of hydrogen-bond donors (Lipinski definition) is 0. The Balaban J connectivity index is 1.77. The Morgan fingerprint density at radius 1 is 0.438 bits per heavy atom. The maximum absolute atomic E-state index is 4.72. The average Bonchev–Trinajstić information content (AvgIpc) is 3.38. The first-order valence-electron chi connectivity index (χ1n) is 10.7. The predicted octanol–water partition coefficient (Wildman–Crippen LogP) is 6.67. The molecule has 4 nitrogen and oxygen atoms in total. The van der Waals surface area contributed by atoms with Crippen molar-refractivity contribution < 1.29 is 0 Å². The molecule has 32 heavy (non-hydrogen) atoms. The second kappa shape index (κ2) is 6.53. The highest BCUT2D eigenvalue weighted by Crippen LogP contribution is 2.41. The van der Waals surface area contributed by atoms with Crippen molar-refractivity contribution in [3.63, 3.8) is 0 Å². The van der Waals surface area contributed by atoms with Gasteiger partial charge in [-0.3, -0.25) is 9.13 Å². The Morgan fingerprint density at radius 2 is 1.03 bits per heavy atom. The first-order valence-corrected chi connectivity index (χ1v) is 10.7. The Labute approximate surface area is 184 Å². The van der Waals surface area contributed by atoms with E-state index in [2.05, 4.69) is 86.9 Å². The van der Waals surface area contributed by atoms with E-state index in [1.807, 2.05) is 36.7 Å². The second-order valence-corrected chi connectivity index (χ2v) is 7.94. The molecule has 7 aromatic rings. The minimum absolute atomic E-state index is 0.915. The summed E-state index contributed by atoms with van der Waals surface area (Å²) in [5.74, 6) is 1.83. The van der Waals surface area contributed by atoms with Crippen LogP contribution in [0.4, 0.5) is 0 Å². The van der Waals surface area contributed by atoms with Crippen LogP contribution in [0.5, 0.6) is 0 Å². The summed E-state index contributed by atoms with van der Waals surface area (Å²) >= 11 is 0. The molecule has 0 fully saturated rings. The SMILES string of the molecule is c1ccc(-n2c3ccccc3c3c2ccc2c4ccccc4n(-c4ccccn4)c23)nc1. The molecule has 0 aliphatic rings. The average molecular weight is 410 g/mol. The number of fused-ring (bicyclic) bond motifs is 7. The number of pyridine rings is 2. The van der Waals surface area contributed by atoms with Crippen molar-refractivity contribution in [2.45, 2.75) is 0 Å². The van der Waals surface area contributed by atoms with Gasteiger partial charge in [0.05, 0.1) is 22.1 Å². The van der Waals surface area contributed by atoms with E-state index in [-0.39, 0.29) is 0 Å². The van der Waals surface area contributed by atoms with E-state index in [9.17, 15) is 0 Å². The summed E-state index contributed by atoms with van der Waals surface area (Å²) in [4.78, 5) is 9.39. The quantitative estimate of drug-likeness (QED) is 0.319. The van der Waals surface area contributed by atoms with Crippen molar-refractivity contribution in [1.82, 2.24) is 19.1 Å². The van der Waals surface area contributed by atoms with Crippen molar-refractivity contribution >= 4 is 43.6 Å². The molecule has 0 unspecified atom stereocenters. The molecule has 0 aliphatic carbocycles. The molecule has 4 heterocycles. The van der Waals surface area contributed by atoms with Crippen molar-refractivity contribution in [3.8, 4) is 11.6 Å². The molecule has 3 aromatic carbocycles. The van der Waals surface area contributed by atoms with E-state index >= 15 is 0 Å². The number of hydrogen-bond acceptors (Lipinski definition) is 2. The van der Waals surface area contributed by atoms with Crippen molar-refractivity contribution in [3.05, 3.63) is 109 Å². The Kier molecular flexibility index (Phi) is 3.52. The summed E-state index contributed by atoms with van der Waals surface area (Å²) in [6.45, 7) is 0. The number of nitrogens with zero attached hydrogens (tertiary/aromatic N) is 4. The largest absolute Gasteiger partial charge is 0.294 e. The fourth-order valence-electron chi connectivity index (χ4n) is 4.97. The molecule has 7 rings (SSSR count). The smallest absolute Gasteiger partial charge is 0.137 e. The molecule has 150 valence electrons. The Morgan fingerprint density at radius 3 is 1.72 bits per heavy atom. The van der Waals surface area contributed by atoms with Crippen LogP contribution in [0.25, 0.3) is 55.2 Å². The molecule has 0 radical (unpaired) electrons. The molecule has 0 saturated carbocycles. The molecule has 0 bridgehead atoms. The predicted molar refractivity (Wildman–Crippen MR) is 131 cm³/mol. The first-order chi connectivity index (χ1) is 15.9. The molecule has 4 heteroatoms. The molecule has 0 atom stereocenters. The zero-order chi connectivity index (χ0) is 21.1. The van der Waals surface area contributed by atoms with Gasteiger partial charge in [-0.15, -0.1) is 0 Å². The van der Waals surface area contributed by atoms with Gasteiger partial charge in [0.1, 0.15) is 11.6 Å². The van der Waals surface area contributed by atoms with E-state index in [1.165, 1.54) is 27.1 Å². The molecule has 0 spiro atoms. The van der Waals surface area contributed by atoms with Gasteiger partial charge in [-0.1, -0.05) is 54.6 Å². The van der Waals surface area contributed by atoms with Crippen LogP contribution in [0.1, 0.15) is 0 Å². The third-order valence-electron chi connectivity index (χ3n) is 6.23. The Bertz CT molecular complexity index is 1760. The van der Waals surface area contributed by atoms with Crippen LogP contribution in [0, 0.1) is 0 Å². The van der Waals surface area contributed by atoms with E-state index in [4.69, 9.17) is 4.98 Å². The van der Waals surface area contributed by atoms with E-state index < -0.39 is 0 Å². The molecule has 0 saturated heterocycles.